The second kappa shape index (κ2) is 6.70. The minimum Gasteiger partial charge on any atom is -0.507 e. The Morgan fingerprint density at radius 2 is 1.69 bits per heavy atom. The van der Waals surface area contributed by atoms with E-state index in [1.807, 2.05) is 0 Å². The van der Waals surface area contributed by atoms with Crippen LogP contribution in [0.3, 0.4) is 0 Å². The maximum absolute atomic E-state index is 12.5. The molecule has 0 radical (unpaired) electrons. The molecule has 3 aromatic rings. The van der Waals surface area contributed by atoms with Crippen LogP contribution in [0, 0.1) is 0 Å². The van der Waals surface area contributed by atoms with Crippen LogP contribution in [-0.2, 0) is 10.0 Å². The van der Waals surface area contributed by atoms with Crippen LogP contribution in [0.25, 0.3) is 10.4 Å². The van der Waals surface area contributed by atoms with Crippen molar-refractivity contribution in [2.24, 2.45) is 0 Å². The number of sulfonamides is 1. The Kier molecular flexibility index (Phi) is 4.58. The topological polar surface area (TPSA) is 124 Å². The monoisotopic (exact) mass is 391 g/mol. The number of aromatic hydroxyl groups is 2. The average molecular weight is 391 g/mol. The number of hydrogen-bond acceptors (Lipinski definition) is 6. The maximum atomic E-state index is 12.5. The zero-order chi connectivity index (χ0) is 18.9. The van der Waals surface area contributed by atoms with Gasteiger partial charge in [-0.3, -0.25) is 4.72 Å². The molecule has 4 N–H and O–H groups in total. The first-order valence-electron chi connectivity index (χ1n) is 7.25. The SMILES string of the molecule is O=C(O)c1ccc(NS(=O)(=O)c2ccc(-c3ccccc3O)s2)cc1O. The summed E-state index contributed by atoms with van der Waals surface area (Å²) in [5, 5.41) is 28.4. The van der Waals surface area contributed by atoms with Crippen molar-refractivity contribution in [1.82, 2.24) is 0 Å². The first-order chi connectivity index (χ1) is 12.3. The Labute approximate surface area is 152 Å². The fourth-order valence-electron chi connectivity index (χ4n) is 2.27. The molecule has 0 spiro atoms. The van der Waals surface area contributed by atoms with Crippen molar-refractivity contribution in [3.05, 3.63) is 60.2 Å². The van der Waals surface area contributed by atoms with Crippen molar-refractivity contribution in [2.75, 3.05) is 4.72 Å². The van der Waals surface area contributed by atoms with Crippen molar-refractivity contribution < 1.29 is 28.5 Å². The molecule has 1 aromatic heterocycles. The molecule has 0 bridgehead atoms. The summed E-state index contributed by atoms with van der Waals surface area (Å²) in [4.78, 5) is 11.5. The number of rotatable bonds is 5. The van der Waals surface area contributed by atoms with E-state index in [9.17, 15) is 23.4 Å². The lowest BCUT2D eigenvalue weighted by Crippen LogP contribution is -2.11. The van der Waals surface area contributed by atoms with Crippen LogP contribution in [0.4, 0.5) is 5.69 Å². The quantitative estimate of drug-likeness (QED) is 0.529. The van der Waals surface area contributed by atoms with Crippen LogP contribution in [0.2, 0.25) is 0 Å². The molecule has 2 aromatic carbocycles. The van der Waals surface area contributed by atoms with Crippen molar-refractivity contribution in [2.45, 2.75) is 4.21 Å². The van der Waals surface area contributed by atoms with E-state index >= 15 is 0 Å². The molecular weight excluding hydrogens is 378 g/mol. The van der Waals surface area contributed by atoms with Crippen LogP contribution in [-0.4, -0.2) is 29.7 Å². The molecule has 0 fully saturated rings. The summed E-state index contributed by atoms with van der Waals surface area (Å²) in [6, 6.07) is 12.9. The Morgan fingerprint density at radius 3 is 2.35 bits per heavy atom. The van der Waals surface area contributed by atoms with Gasteiger partial charge in [-0.05, 0) is 36.4 Å². The molecule has 0 atom stereocenters. The van der Waals surface area contributed by atoms with E-state index < -0.39 is 21.7 Å². The van der Waals surface area contributed by atoms with Gasteiger partial charge in [-0.2, -0.15) is 0 Å². The van der Waals surface area contributed by atoms with Gasteiger partial charge in [0.25, 0.3) is 10.0 Å². The van der Waals surface area contributed by atoms with Crippen LogP contribution >= 0.6 is 11.3 Å². The molecule has 0 saturated heterocycles. The third kappa shape index (κ3) is 3.48. The summed E-state index contributed by atoms with van der Waals surface area (Å²) in [6.45, 7) is 0. The van der Waals surface area contributed by atoms with Gasteiger partial charge in [0, 0.05) is 16.5 Å². The fourth-order valence-corrected chi connectivity index (χ4v) is 4.66. The molecular formula is C17H13NO6S2. The summed E-state index contributed by atoms with van der Waals surface area (Å²) < 4.78 is 27.3. The van der Waals surface area contributed by atoms with Gasteiger partial charge >= 0.3 is 5.97 Å². The van der Waals surface area contributed by atoms with Crippen LogP contribution < -0.4 is 4.72 Å². The van der Waals surface area contributed by atoms with Gasteiger partial charge < -0.3 is 15.3 Å². The average Bonchev–Trinajstić information content (AvgIpc) is 3.05. The lowest BCUT2D eigenvalue weighted by atomic mass is 10.2. The number of anilines is 1. The van der Waals surface area contributed by atoms with E-state index in [1.165, 1.54) is 18.2 Å². The highest BCUT2D eigenvalue weighted by Crippen LogP contribution is 2.36. The zero-order valence-corrected chi connectivity index (χ0v) is 14.7. The smallest absolute Gasteiger partial charge is 0.339 e. The number of carboxylic acid groups (broad SMARTS) is 1. The minimum atomic E-state index is -3.93. The molecule has 3 rings (SSSR count). The molecule has 26 heavy (non-hydrogen) atoms. The molecule has 134 valence electrons. The van der Waals surface area contributed by atoms with Gasteiger partial charge in [-0.15, -0.1) is 11.3 Å². The van der Waals surface area contributed by atoms with E-state index in [2.05, 4.69) is 4.72 Å². The number of aromatic carboxylic acids is 1. The van der Waals surface area contributed by atoms with Gasteiger partial charge in [0.2, 0.25) is 0 Å². The molecule has 7 nitrogen and oxygen atoms in total. The molecule has 1 heterocycles. The highest BCUT2D eigenvalue weighted by molar-refractivity contribution is 7.94. The van der Waals surface area contributed by atoms with E-state index in [1.54, 1.807) is 24.3 Å². The Morgan fingerprint density at radius 1 is 0.962 bits per heavy atom. The van der Waals surface area contributed by atoms with Crippen molar-refractivity contribution in [3.8, 4) is 21.9 Å². The summed E-state index contributed by atoms with van der Waals surface area (Å²) in [7, 11) is -3.93. The highest BCUT2D eigenvalue weighted by atomic mass is 32.2. The number of phenolic OH excluding ortho intramolecular Hbond substituents is 1. The Hall–Kier alpha value is -3.04. The van der Waals surface area contributed by atoms with Gasteiger partial charge in [0.15, 0.2) is 0 Å². The van der Waals surface area contributed by atoms with E-state index in [0.29, 0.717) is 10.4 Å². The molecule has 0 aliphatic heterocycles. The molecule has 0 aliphatic carbocycles. The largest absolute Gasteiger partial charge is 0.507 e. The second-order valence-electron chi connectivity index (χ2n) is 5.28. The summed E-state index contributed by atoms with van der Waals surface area (Å²) >= 11 is 0.972. The Balaban J connectivity index is 1.89. The zero-order valence-electron chi connectivity index (χ0n) is 13.1. The highest BCUT2D eigenvalue weighted by Gasteiger charge is 2.19. The minimum absolute atomic E-state index is 0.0116. The van der Waals surface area contributed by atoms with E-state index in [0.717, 1.165) is 23.5 Å². The molecule has 0 saturated carbocycles. The van der Waals surface area contributed by atoms with Crippen LogP contribution in [0.1, 0.15) is 10.4 Å². The Bertz CT molecular complexity index is 1090. The van der Waals surface area contributed by atoms with E-state index in [4.69, 9.17) is 5.11 Å². The number of benzene rings is 2. The number of nitrogens with one attached hydrogen (secondary N) is 1. The first kappa shape index (κ1) is 17.8. The summed E-state index contributed by atoms with van der Waals surface area (Å²) in [6.07, 6.45) is 0. The summed E-state index contributed by atoms with van der Waals surface area (Å²) in [5.41, 5.74) is 0.221. The van der Waals surface area contributed by atoms with Gasteiger partial charge in [-0.1, -0.05) is 12.1 Å². The molecule has 9 heteroatoms. The molecule has 0 unspecified atom stereocenters. The van der Waals surface area contributed by atoms with Crippen molar-refractivity contribution >= 4 is 33.0 Å². The normalized spacial score (nSPS) is 11.2. The van der Waals surface area contributed by atoms with Gasteiger partial charge in [0.05, 0.1) is 5.69 Å². The number of hydrogen-bond donors (Lipinski definition) is 4. The third-order valence-electron chi connectivity index (χ3n) is 3.50. The molecule has 0 aliphatic rings. The number of phenols is 2. The van der Waals surface area contributed by atoms with Gasteiger partial charge in [0.1, 0.15) is 21.3 Å². The van der Waals surface area contributed by atoms with Gasteiger partial charge in [-0.25, -0.2) is 13.2 Å². The number of carbonyl (C=O) groups is 1. The first-order valence-corrected chi connectivity index (χ1v) is 9.55. The van der Waals surface area contributed by atoms with Crippen molar-refractivity contribution in [1.29, 1.82) is 0 Å². The summed E-state index contributed by atoms with van der Waals surface area (Å²) in [5.74, 6) is -1.82. The molecule has 0 amide bonds. The van der Waals surface area contributed by atoms with Crippen molar-refractivity contribution in [3.63, 3.8) is 0 Å². The van der Waals surface area contributed by atoms with Crippen LogP contribution in [0.5, 0.6) is 11.5 Å². The lowest BCUT2D eigenvalue weighted by Gasteiger charge is -2.08. The predicted octanol–water partition coefficient (Wildman–Crippen LogP) is 3.33. The predicted molar refractivity (Wildman–Crippen MR) is 97.3 cm³/mol. The number of para-hydroxylation sites is 1. The maximum Gasteiger partial charge on any atom is 0.339 e. The standard InChI is InChI=1S/C17H13NO6S2/c19-13-4-2-1-3-11(13)15-7-8-16(25-15)26(23,24)18-10-5-6-12(17(21)22)14(20)9-10/h1-9,18-20H,(H,21,22). The van der Waals surface area contributed by atoms with Crippen LogP contribution in [0.15, 0.2) is 58.8 Å². The fraction of sp³-hybridized carbons (Fsp3) is 0. The number of thiophene rings is 1. The third-order valence-corrected chi connectivity index (χ3v) is 6.49. The lowest BCUT2D eigenvalue weighted by molar-refractivity contribution is 0.0694. The number of carboxylic acids is 1. The van der Waals surface area contributed by atoms with E-state index in [-0.39, 0.29) is 21.2 Å². The second-order valence-corrected chi connectivity index (χ2v) is 8.27.